The fraction of sp³-hybridized carbons (Fsp3) is 0.158. The van der Waals surface area contributed by atoms with Crippen LogP contribution in [0.4, 0.5) is 5.82 Å². The Morgan fingerprint density at radius 3 is 2.75 bits per heavy atom. The Balaban J connectivity index is 1.51. The number of amides is 1. The second-order valence-corrected chi connectivity index (χ2v) is 5.77. The van der Waals surface area contributed by atoms with Gasteiger partial charge >= 0.3 is 0 Å². The van der Waals surface area contributed by atoms with E-state index in [2.05, 4.69) is 10.4 Å². The number of hydrogen-bond donors (Lipinski definition) is 1. The normalized spacial score (nSPS) is 16.1. The Morgan fingerprint density at radius 1 is 1.08 bits per heavy atom. The van der Waals surface area contributed by atoms with Gasteiger partial charge in [0.25, 0.3) is 0 Å². The number of para-hydroxylation sites is 2. The summed E-state index contributed by atoms with van der Waals surface area (Å²) >= 11 is 0. The number of ether oxygens (including phenoxy) is 1. The highest BCUT2D eigenvalue weighted by Crippen LogP contribution is 2.27. The van der Waals surface area contributed by atoms with Gasteiger partial charge < -0.3 is 10.1 Å². The third-order valence-corrected chi connectivity index (χ3v) is 4.14. The number of aromatic nitrogens is 2. The summed E-state index contributed by atoms with van der Waals surface area (Å²) in [7, 11) is 0. The number of anilines is 1. The minimum absolute atomic E-state index is 0.0535. The Morgan fingerprint density at radius 2 is 1.88 bits per heavy atom. The summed E-state index contributed by atoms with van der Waals surface area (Å²) < 4.78 is 7.43. The van der Waals surface area contributed by atoms with E-state index in [-0.39, 0.29) is 11.8 Å². The molecule has 1 aliphatic rings. The zero-order valence-corrected chi connectivity index (χ0v) is 13.1. The molecule has 1 aliphatic heterocycles. The molecule has 0 fully saturated rings. The van der Waals surface area contributed by atoms with E-state index in [9.17, 15) is 4.79 Å². The second kappa shape index (κ2) is 6.20. The van der Waals surface area contributed by atoms with Gasteiger partial charge in [-0.3, -0.25) is 4.79 Å². The summed E-state index contributed by atoms with van der Waals surface area (Å²) in [5, 5.41) is 7.26. The first kappa shape index (κ1) is 14.5. The van der Waals surface area contributed by atoms with Gasteiger partial charge in [-0.2, -0.15) is 5.10 Å². The molecule has 5 heteroatoms. The lowest BCUT2D eigenvalue weighted by Crippen LogP contribution is -2.33. The Hall–Kier alpha value is -3.08. The van der Waals surface area contributed by atoms with E-state index in [1.807, 2.05) is 54.6 Å². The maximum atomic E-state index is 12.6. The van der Waals surface area contributed by atoms with E-state index in [4.69, 9.17) is 4.74 Å². The summed E-state index contributed by atoms with van der Waals surface area (Å²) in [5.41, 5.74) is 1.98. The van der Waals surface area contributed by atoms with Crippen LogP contribution in [-0.4, -0.2) is 22.3 Å². The molecule has 4 rings (SSSR count). The first-order valence-electron chi connectivity index (χ1n) is 7.92. The number of fused-ring (bicyclic) bond motifs is 1. The van der Waals surface area contributed by atoms with Crippen molar-refractivity contribution in [3.63, 3.8) is 0 Å². The van der Waals surface area contributed by atoms with Crippen LogP contribution in [0, 0.1) is 5.92 Å². The molecule has 0 bridgehead atoms. The van der Waals surface area contributed by atoms with Crippen molar-refractivity contribution in [2.24, 2.45) is 5.92 Å². The highest BCUT2D eigenvalue weighted by atomic mass is 16.5. The summed E-state index contributed by atoms with van der Waals surface area (Å²) in [5.74, 6) is 1.27. The molecule has 1 aromatic heterocycles. The maximum absolute atomic E-state index is 12.6. The average molecular weight is 319 g/mol. The predicted molar refractivity (Wildman–Crippen MR) is 91.3 cm³/mol. The molecule has 5 nitrogen and oxygen atoms in total. The summed E-state index contributed by atoms with van der Waals surface area (Å²) in [6.07, 6.45) is 2.36. The first-order valence-corrected chi connectivity index (χ1v) is 7.92. The van der Waals surface area contributed by atoms with Crippen molar-refractivity contribution < 1.29 is 9.53 Å². The van der Waals surface area contributed by atoms with Crippen LogP contribution in [0.3, 0.4) is 0 Å². The van der Waals surface area contributed by atoms with Gasteiger partial charge in [0.15, 0.2) is 0 Å². The van der Waals surface area contributed by atoms with Crippen LogP contribution in [0.1, 0.15) is 5.56 Å². The highest BCUT2D eigenvalue weighted by molar-refractivity contribution is 5.92. The molecule has 0 saturated heterocycles. The number of carbonyl (C=O) groups excluding carboxylic acids is 1. The molecular formula is C19H17N3O2. The lowest BCUT2D eigenvalue weighted by atomic mass is 9.96. The zero-order chi connectivity index (χ0) is 16.4. The van der Waals surface area contributed by atoms with Crippen LogP contribution in [0.25, 0.3) is 5.69 Å². The molecule has 2 heterocycles. The molecule has 1 N–H and O–H groups in total. The van der Waals surface area contributed by atoms with Gasteiger partial charge in [-0.15, -0.1) is 0 Å². The van der Waals surface area contributed by atoms with E-state index in [1.54, 1.807) is 16.9 Å². The third kappa shape index (κ3) is 2.76. The minimum atomic E-state index is -0.209. The van der Waals surface area contributed by atoms with E-state index in [1.165, 1.54) is 0 Å². The molecule has 0 unspecified atom stereocenters. The van der Waals surface area contributed by atoms with E-state index in [0.717, 1.165) is 17.0 Å². The molecule has 0 aliphatic carbocycles. The van der Waals surface area contributed by atoms with Gasteiger partial charge in [0.05, 0.1) is 17.8 Å². The van der Waals surface area contributed by atoms with E-state index in [0.29, 0.717) is 18.8 Å². The van der Waals surface area contributed by atoms with Crippen molar-refractivity contribution in [1.29, 1.82) is 0 Å². The van der Waals surface area contributed by atoms with Crippen molar-refractivity contribution >= 4 is 11.7 Å². The fourth-order valence-electron chi connectivity index (χ4n) is 2.90. The molecule has 24 heavy (non-hydrogen) atoms. The first-order chi connectivity index (χ1) is 11.8. The predicted octanol–water partition coefficient (Wildman–Crippen LogP) is 3.06. The molecule has 0 spiro atoms. The van der Waals surface area contributed by atoms with Gasteiger partial charge in [-0.25, -0.2) is 4.68 Å². The molecule has 1 atom stereocenters. The summed E-state index contributed by atoms with van der Waals surface area (Å²) in [6, 6.07) is 19.4. The Bertz CT molecular complexity index is 858. The quantitative estimate of drug-likeness (QED) is 0.807. The molecular weight excluding hydrogens is 302 g/mol. The van der Waals surface area contributed by atoms with Crippen LogP contribution < -0.4 is 10.1 Å². The Kier molecular flexibility index (Phi) is 3.75. The summed E-state index contributed by atoms with van der Waals surface area (Å²) in [4.78, 5) is 12.6. The lowest BCUT2D eigenvalue weighted by molar-refractivity contribution is -0.121. The standard InChI is InChI=1S/C19H17N3O2/c23-19(15-12-14-6-4-5-9-17(14)24-13-15)21-18-10-11-20-22(18)16-7-2-1-3-8-16/h1-11,15H,12-13H2,(H,21,23)/t15-/m1/s1. The molecule has 120 valence electrons. The van der Waals surface area contributed by atoms with Crippen molar-refractivity contribution in [2.45, 2.75) is 6.42 Å². The van der Waals surface area contributed by atoms with Crippen molar-refractivity contribution in [2.75, 3.05) is 11.9 Å². The fourth-order valence-corrected chi connectivity index (χ4v) is 2.90. The van der Waals surface area contributed by atoms with Crippen molar-refractivity contribution in [1.82, 2.24) is 9.78 Å². The average Bonchev–Trinajstić information content (AvgIpc) is 3.10. The van der Waals surface area contributed by atoms with Gasteiger partial charge in [-0.1, -0.05) is 36.4 Å². The number of carbonyl (C=O) groups is 1. The second-order valence-electron chi connectivity index (χ2n) is 5.77. The SMILES string of the molecule is O=C(Nc1ccnn1-c1ccccc1)[C@H]1COc2ccccc2C1. The molecule has 1 amide bonds. The number of nitrogens with one attached hydrogen (secondary N) is 1. The largest absolute Gasteiger partial charge is 0.492 e. The number of nitrogens with zero attached hydrogens (tertiary/aromatic N) is 2. The van der Waals surface area contributed by atoms with Gasteiger partial charge in [0, 0.05) is 6.07 Å². The smallest absolute Gasteiger partial charge is 0.232 e. The van der Waals surface area contributed by atoms with Gasteiger partial charge in [0.1, 0.15) is 18.2 Å². The zero-order valence-electron chi connectivity index (χ0n) is 13.1. The monoisotopic (exact) mass is 319 g/mol. The number of hydrogen-bond acceptors (Lipinski definition) is 3. The lowest BCUT2D eigenvalue weighted by Gasteiger charge is -2.24. The van der Waals surface area contributed by atoms with E-state index >= 15 is 0 Å². The third-order valence-electron chi connectivity index (χ3n) is 4.14. The molecule has 2 aromatic carbocycles. The molecule has 0 radical (unpaired) electrons. The number of benzene rings is 2. The van der Waals surface area contributed by atoms with Gasteiger partial charge in [0.2, 0.25) is 5.91 Å². The molecule has 3 aromatic rings. The van der Waals surface area contributed by atoms with Crippen molar-refractivity contribution in [3.8, 4) is 11.4 Å². The Labute approximate surface area is 139 Å². The minimum Gasteiger partial charge on any atom is -0.492 e. The van der Waals surface area contributed by atoms with E-state index < -0.39 is 0 Å². The maximum Gasteiger partial charge on any atom is 0.232 e. The number of rotatable bonds is 3. The highest BCUT2D eigenvalue weighted by Gasteiger charge is 2.26. The van der Waals surface area contributed by atoms with Crippen molar-refractivity contribution in [3.05, 3.63) is 72.4 Å². The van der Waals surface area contributed by atoms with Crippen LogP contribution >= 0.6 is 0 Å². The molecule has 0 saturated carbocycles. The van der Waals surface area contributed by atoms with Crippen LogP contribution in [0.2, 0.25) is 0 Å². The van der Waals surface area contributed by atoms with Crippen LogP contribution in [0.15, 0.2) is 66.9 Å². The topological polar surface area (TPSA) is 56.2 Å². The summed E-state index contributed by atoms with van der Waals surface area (Å²) in [6.45, 7) is 0.391. The van der Waals surface area contributed by atoms with Gasteiger partial charge in [-0.05, 0) is 30.2 Å². The van der Waals surface area contributed by atoms with Crippen LogP contribution in [0.5, 0.6) is 5.75 Å². The van der Waals surface area contributed by atoms with Crippen LogP contribution in [-0.2, 0) is 11.2 Å².